The fourth-order valence-corrected chi connectivity index (χ4v) is 3.16. The summed E-state index contributed by atoms with van der Waals surface area (Å²) >= 11 is 0. The van der Waals surface area contributed by atoms with Crippen LogP contribution in [-0.4, -0.2) is 37.8 Å². The molecule has 3 rings (SSSR count). The molecule has 26 heavy (non-hydrogen) atoms. The number of halogens is 1. The third-order valence-electron chi connectivity index (χ3n) is 4.55. The van der Waals surface area contributed by atoms with Gasteiger partial charge in [0.2, 0.25) is 0 Å². The fraction of sp³-hybridized carbons (Fsp3) is 0.368. The van der Waals surface area contributed by atoms with E-state index in [9.17, 15) is 9.18 Å². The molecule has 0 N–H and O–H groups in total. The highest BCUT2D eigenvalue weighted by Crippen LogP contribution is 2.26. The molecule has 6 nitrogen and oxygen atoms in total. The summed E-state index contributed by atoms with van der Waals surface area (Å²) in [6.45, 7) is 12.1. The summed E-state index contributed by atoms with van der Waals surface area (Å²) in [5.74, 6) is 0.795. The molecule has 1 aliphatic rings. The van der Waals surface area contributed by atoms with Gasteiger partial charge in [-0.15, -0.1) is 10.2 Å². The predicted octanol–water partition coefficient (Wildman–Crippen LogP) is 3.29. The van der Waals surface area contributed by atoms with Gasteiger partial charge in [-0.25, -0.2) is 4.39 Å². The Morgan fingerprint density at radius 2 is 2.04 bits per heavy atom. The van der Waals surface area contributed by atoms with Gasteiger partial charge < -0.3 is 9.47 Å². The van der Waals surface area contributed by atoms with Crippen LogP contribution in [0.2, 0.25) is 0 Å². The number of benzene rings is 1. The Bertz CT molecular complexity index is 915. The van der Waals surface area contributed by atoms with E-state index in [1.165, 1.54) is 6.07 Å². The molecule has 0 saturated heterocycles. The first-order valence-corrected chi connectivity index (χ1v) is 8.51. The number of aryl methyl sites for hydroxylation is 1. The molecule has 7 heteroatoms. The van der Waals surface area contributed by atoms with Crippen LogP contribution in [0.1, 0.15) is 54.4 Å². The van der Waals surface area contributed by atoms with Crippen LogP contribution in [0.4, 0.5) is 4.39 Å². The van der Waals surface area contributed by atoms with Gasteiger partial charge in [-0.3, -0.25) is 9.79 Å². The Labute approximate surface area is 152 Å². The second-order valence-electron chi connectivity index (χ2n) is 6.60. The lowest BCUT2D eigenvalue weighted by atomic mass is 10.1. The number of hydrogen-bond acceptors (Lipinski definition) is 4. The van der Waals surface area contributed by atoms with Crippen LogP contribution in [0.25, 0.3) is 0 Å². The van der Waals surface area contributed by atoms with Crippen molar-refractivity contribution in [2.45, 2.75) is 40.3 Å². The maximum atomic E-state index is 13.8. The molecule has 1 atom stereocenters. The smallest absolute Gasteiger partial charge is 0.254 e. The number of carbonyl (C=O) groups excluding carboxylic acids is 1. The summed E-state index contributed by atoms with van der Waals surface area (Å²) in [7, 11) is 0. The third kappa shape index (κ3) is 3.16. The maximum absolute atomic E-state index is 13.8. The normalized spacial score (nSPS) is 17.2. The largest absolute Gasteiger partial charge is 0.327 e. The van der Waals surface area contributed by atoms with E-state index in [0.717, 1.165) is 5.71 Å². The molecule has 0 bridgehead atoms. The zero-order chi connectivity index (χ0) is 19.0. The minimum atomic E-state index is -0.377. The third-order valence-corrected chi connectivity index (χ3v) is 4.55. The molecule has 0 saturated carbocycles. The standard InChI is InChI=1S/C19H22FN5O/c1-11(2)21-13(4)17-22-23-18-14(5)24(8-9-25(17)18)19(26)15-7-6-12(3)16(20)10-15/h6-7,10,14H,1,8-9H2,2-5H3. The molecule has 1 aromatic carbocycles. The van der Waals surface area contributed by atoms with Crippen LogP contribution >= 0.6 is 0 Å². The summed E-state index contributed by atoms with van der Waals surface area (Å²) < 4.78 is 15.8. The van der Waals surface area contributed by atoms with E-state index in [-0.39, 0.29) is 17.8 Å². The topological polar surface area (TPSA) is 63.4 Å². The number of fused-ring (bicyclic) bond motifs is 1. The van der Waals surface area contributed by atoms with E-state index in [4.69, 9.17) is 0 Å². The van der Waals surface area contributed by atoms with Crippen molar-refractivity contribution in [3.8, 4) is 0 Å². The van der Waals surface area contributed by atoms with Crippen molar-refractivity contribution in [3.63, 3.8) is 0 Å². The summed E-state index contributed by atoms with van der Waals surface area (Å²) in [6, 6.07) is 4.30. The Hall–Kier alpha value is -2.83. The first-order valence-electron chi connectivity index (χ1n) is 8.51. The number of nitrogens with zero attached hydrogens (tertiary/aromatic N) is 5. The van der Waals surface area contributed by atoms with Crippen LogP contribution in [-0.2, 0) is 6.54 Å². The lowest BCUT2D eigenvalue weighted by Crippen LogP contribution is -2.41. The van der Waals surface area contributed by atoms with E-state index < -0.39 is 0 Å². The quantitative estimate of drug-likeness (QED) is 0.794. The summed E-state index contributed by atoms with van der Waals surface area (Å²) in [6.07, 6.45) is 0. The van der Waals surface area contributed by atoms with Crippen molar-refractivity contribution in [2.75, 3.05) is 6.54 Å². The van der Waals surface area contributed by atoms with Gasteiger partial charge in [0.25, 0.3) is 5.91 Å². The van der Waals surface area contributed by atoms with Crippen molar-refractivity contribution < 1.29 is 9.18 Å². The van der Waals surface area contributed by atoms with Crippen molar-refractivity contribution in [1.82, 2.24) is 19.7 Å². The van der Waals surface area contributed by atoms with E-state index in [1.807, 2.05) is 25.3 Å². The summed E-state index contributed by atoms with van der Waals surface area (Å²) in [5, 5.41) is 8.50. The van der Waals surface area contributed by atoms with Gasteiger partial charge in [0, 0.05) is 24.4 Å². The number of aliphatic imine (C=N–C) groups is 1. The summed E-state index contributed by atoms with van der Waals surface area (Å²) in [5.41, 5.74) is 2.30. The highest BCUT2D eigenvalue weighted by Gasteiger charge is 2.32. The molecule has 0 radical (unpaired) electrons. The van der Waals surface area contributed by atoms with E-state index in [0.29, 0.717) is 41.6 Å². The van der Waals surface area contributed by atoms with Crippen LogP contribution < -0.4 is 0 Å². The fourth-order valence-electron chi connectivity index (χ4n) is 3.16. The molecule has 2 aromatic rings. The van der Waals surface area contributed by atoms with Crippen LogP contribution in [0, 0.1) is 12.7 Å². The molecule has 136 valence electrons. The maximum Gasteiger partial charge on any atom is 0.254 e. The van der Waals surface area contributed by atoms with Gasteiger partial charge in [-0.05, 0) is 45.4 Å². The second-order valence-corrected chi connectivity index (χ2v) is 6.60. The monoisotopic (exact) mass is 355 g/mol. The van der Waals surface area contributed by atoms with Crippen LogP contribution in [0.5, 0.6) is 0 Å². The first-order chi connectivity index (χ1) is 12.3. The number of rotatable bonds is 3. The lowest BCUT2D eigenvalue weighted by molar-refractivity contribution is 0.0637. The van der Waals surface area contributed by atoms with Crippen molar-refractivity contribution >= 4 is 11.6 Å². The zero-order valence-corrected chi connectivity index (χ0v) is 15.5. The van der Waals surface area contributed by atoms with Crippen molar-refractivity contribution in [3.05, 3.63) is 59.1 Å². The highest BCUT2D eigenvalue weighted by atomic mass is 19.1. The number of carbonyl (C=O) groups is 1. The molecule has 1 aliphatic heterocycles. The molecule has 0 spiro atoms. The Morgan fingerprint density at radius 3 is 2.69 bits per heavy atom. The van der Waals surface area contributed by atoms with Gasteiger partial charge in [0.1, 0.15) is 5.82 Å². The van der Waals surface area contributed by atoms with Gasteiger partial charge in [-0.2, -0.15) is 0 Å². The minimum absolute atomic E-state index is 0.209. The molecular weight excluding hydrogens is 333 g/mol. The molecule has 1 aromatic heterocycles. The van der Waals surface area contributed by atoms with Gasteiger partial charge in [0.05, 0.1) is 11.8 Å². The minimum Gasteiger partial charge on any atom is -0.327 e. The first kappa shape index (κ1) is 18.0. The highest BCUT2D eigenvalue weighted by molar-refractivity contribution is 5.96. The van der Waals surface area contributed by atoms with Crippen LogP contribution in [0.15, 0.2) is 35.5 Å². The number of amides is 1. The van der Waals surface area contributed by atoms with Crippen molar-refractivity contribution in [2.24, 2.45) is 4.99 Å². The number of allylic oxidation sites excluding steroid dienone is 1. The van der Waals surface area contributed by atoms with E-state index >= 15 is 0 Å². The Morgan fingerprint density at radius 1 is 1.31 bits per heavy atom. The van der Waals surface area contributed by atoms with E-state index in [2.05, 4.69) is 21.8 Å². The molecular formula is C19H22FN5O. The van der Waals surface area contributed by atoms with Gasteiger partial charge in [-0.1, -0.05) is 12.6 Å². The van der Waals surface area contributed by atoms with Crippen molar-refractivity contribution in [1.29, 1.82) is 0 Å². The summed E-state index contributed by atoms with van der Waals surface area (Å²) in [4.78, 5) is 18.9. The van der Waals surface area contributed by atoms with Gasteiger partial charge >= 0.3 is 0 Å². The number of hydrogen-bond donors (Lipinski definition) is 0. The number of aromatic nitrogens is 3. The average molecular weight is 355 g/mol. The Balaban J connectivity index is 1.90. The average Bonchev–Trinajstić information content (AvgIpc) is 3.01. The predicted molar refractivity (Wildman–Crippen MR) is 97.6 cm³/mol. The molecule has 0 aliphatic carbocycles. The van der Waals surface area contributed by atoms with Gasteiger partial charge in [0.15, 0.2) is 11.6 Å². The SMILES string of the molecule is C=C(C)N=C(C)c1nnc2n1CCN(C(=O)c1ccc(C)c(F)c1)C2C. The van der Waals surface area contributed by atoms with Crippen LogP contribution in [0.3, 0.4) is 0 Å². The zero-order valence-electron chi connectivity index (χ0n) is 15.5. The molecule has 0 fully saturated rings. The molecule has 2 heterocycles. The molecule has 1 amide bonds. The Kier molecular flexibility index (Phi) is 4.71. The molecule has 1 unspecified atom stereocenters. The second kappa shape index (κ2) is 6.82. The lowest BCUT2D eigenvalue weighted by Gasteiger charge is -2.33. The van der Waals surface area contributed by atoms with E-state index in [1.54, 1.807) is 24.0 Å².